The molecule has 21 nitrogen and oxygen atoms in total. The van der Waals surface area contributed by atoms with Gasteiger partial charge in [-0.3, -0.25) is 37.1 Å². The number of aryl methyl sites for hydroxylation is 2. The number of hydrogen-bond acceptors (Lipinski definition) is 21. The Bertz CT molecular complexity index is 2140. The summed E-state index contributed by atoms with van der Waals surface area (Å²) in [5.41, 5.74) is 1.46. The normalized spacial score (nSPS) is 26.6. The van der Waals surface area contributed by atoms with Gasteiger partial charge in [0.15, 0.2) is 30.7 Å². The van der Waals surface area contributed by atoms with Crippen LogP contribution in [0, 0.1) is 13.8 Å². The van der Waals surface area contributed by atoms with Crippen molar-refractivity contribution in [1.29, 1.82) is 0 Å². The SMILES string of the molecule is CC(=O)O[C@H]1O[C@H](COS(=O)(=O)c2ccc(C)cc2)[C@@H](O[C@H]2O[C@H](COS(=O)(=O)c3ccc(C)cc3)[C@@H](OC(C)=O)[C@H](OC(C)=O)[C@H]2OC(C)=O)[C@H](OC(C)=O)[C@H]1OC(C)=O. The smallest absolute Gasteiger partial charge is 0.305 e. The van der Waals surface area contributed by atoms with Gasteiger partial charge in [0.1, 0.15) is 18.3 Å². The number of esters is 6. The van der Waals surface area contributed by atoms with Gasteiger partial charge in [-0.25, -0.2) is 0 Å². The Morgan fingerprint density at radius 1 is 0.443 bits per heavy atom. The molecule has 0 radical (unpaired) electrons. The zero-order valence-electron chi connectivity index (χ0n) is 34.2. The van der Waals surface area contributed by atoms with E-state index in [1.165, 1.54) is 48.5 Å². The minimum atomic E-state index is -4.59. The summed E-state index contributed by atoms with van der Waals surface area (Å²) in [6.45, 7) is 7.26. The molecule has 0 bridgehead atoms. The van der Waals surface area contributed by atoms with Crippen LogP contribution in [0.3, 0.4) is 0 Å². The van der Waals surface area contributed by atoms with E-state index in [1.54, 1.807) is 13.8 Å². The second-order valence-electron chi connectivity index (χ2n) is 13.8. The molecule has 0 saturated carbocycles. The van der Waals surface area contributed by atoms with Gasteiger partial charge in [-0.1, -0.05) is 35.4 Å². The molecule has 0 aliphatic carbocycles. The lowest BCUT2D eigenvalue weighted by atomic mass is 9.96. The van der Waals surface area contributed by atoms with Gasteiger partial charge in [0.2, 0.25) is 12.4 Å². The van der Waals surface area contributed by atoms with E-state index in [-0.39, 0.29) is 9.79 Å². The summed E-state index contributed by atoms with van der Waals surface area (Å²) in [7, 11) is -9.14. The number of hydrogen-bond donors (Lipinski definition) is 0. The second kappa shape index (κ2) is 20.7. The monoisotopic (exact) mass is 902 g/mol. The molecule has 0 aromatic heterocycles. The van der Waals surface area contributed by atoms with E-state index in [0.29, 0.717) is 0 Å². The third kappa shape index (κ3) is 13.5. The lowest BCUT2D eigenvalue weighted by molar-refractivity contribution is -0.356. The molecular formula is C38H46O21S2. The van der Waals surface area contributed by atoms with Gasteiger partial charge < -0.3 is 42.6 Å². The van der Waals surface area contributed by atoms with Gasteiger partial charge in [0.25, 0.3) is 20.2 Å². The molecule has 0 N–H and O–H groups in total. The molecule has 4 rings (SSSR count). The quantitative estimate of drug-likeness (QED) is 0.131. The molecule has 23 heteroatoms. The predicted molar refractivity (Wildman–Crippen MR) is 200 cm³/mol. The van der Waals surface area contributed by atoms with Gasteiger partial charge in [-0.15, -0.1) is 0 Å². The van der Waals surface area contributed by atoms with E-state index in [0.717, 1.165) is 52.7 Å². The van der Waals surface area contributed by atoms with Gasteiger partial charge in [0, 0.05) is 41.5 Å². The first-order valence-corrected chi connectivity index (χ1v) is 21.2. The van der Waals surface area contributed by atoms with Crippen LogP contribution >= 0.6 is 0 Å². The average Bonchev–Trinajstić information content (AvgIpc) is 3.14. The Kier molecular flexibility index (Phi) is 16.5. The summed E-state index contributed by atoms with van der Waals surface area (Å²) in [5, 5.41) is 0. The van der Waals surface area contributed by atoms with E-state index in [9.17, 15) is 45.6 Å². The lowest BCUT2D eigenvalue weighted by Gasteiger charge is -2.48. The van der Waals surface area contributed by atoms with Crippen molar-refractivity contribution in [2.24, 2.45) is 0 Å². The zero-order chi connectivity index (χ0) is 45.4. The molecule has 2 fully saturated rings. The fourth-order valence-electron chi connectivity index (χ4n) is 6.19. The Balaban J connectivity index is 1.86. The van der Waals surface area contributed by atoms with Crippen LogP contribution in [0.4, 0.5) is 0 Å². The molecule has 61 heavy (non-hydrogen) atoms. The van der Waals surface area contributed by atoms with Crippen molar-refractivity contribution in [1.82, 2.24) is 0 Å². The van der Waals surface area contributed by atoms with Crippen LogP contribution in [0.5, 0.6) is 0 Å². The number of carbonyl (C=O) groups is 6. The maximum absolute atomic E-state index is 13.4. The highest BCUT2D eigenvalue weighted by Crippen LogP contribution is 2.36. The van der Waals surface area contributed by atoms with Crippen LogP contribution in [-0.2, 0) is 100 Å². The van der Waals surface area contributed by atoms with Crippen LogP contribution in [0.2, 0.25) is 0 Å². The average molecular weight is 903 g/mol. The molecule has 0 spiro atoms. The van der Waals surface area contributed by atoms with Crippen LogP contribution in [0.15, 0.2) is 58.3 Å². The molecule has 2 aromatic carbocycles. The summed E-state index contributed by atoms with van der Waals surface area (Å²) in [6, 6.07) is 11.1. The van der Waals surface area contributed by atoms with E-state index in [1.807, 2.05) is 0 Å². The highest BCUT2D eigenvalue weighted by Gasteiger charge is 2.58. The highest BCUT2D eigenvalue weighted by molar-refractivity contribution is 7.87. The first-order valence-electron chi connectivity index (χ1n) is 18.4. The van der Waals surface area contributed by atoms with Crippen molar-refractivity contribution in [3.63, 3.8) is 0 Å². The minimum absolute atomic E-state index is 0.272. The summed E-state index contributed by atoms with van der Waals surface area (Å²) >= 11 is 0. The molecule has 10 atom stereocenters. The molecular weight excluding hydrogens is 857 g/mol. The fraction of sp³-hybridized carbons (Fsp3) is 0.526. The minimum Gasteiger partial charge on any atom is -0.456 e. The second-order valence-corrected chi connectivity index (χ2v) is 17.0. The third-order valence-electron chi connectivity index (χ3n) is 8.66. The van der Waals surface area contributed by atoms with Gasteiger partial charge in [-0.05, 0) is 38.1 Å². The molecule has 2 heterocycles. The van der Waals surface area contributed by atoms with E-state index >= 15 is 0 Å². The summed E-state index contributed by atoms with van der Waals surface area (Å²) in [6.07, 6.45) is -18.6. The van der Waals surface area contributed by atoms with Crippen molar-refractivity contribution < 1.29 is 96.6 Å². The van der Waals surface area contributed by atoms with Crippen molar-refractivity contribution >= 4 is 56.1 Å². The molecule has 336 valence electrons. The van der Waals surface area contributed by atoms with E-state index < -0.39 is 131 Å². The van der Waals surface area contributed by atoms with Gasteiger partial charge in [0.05, 0.1) is 23.0 Å². The maximum Gasteiger partial charge on any atom is 0.305 e. The maximum atomic E-state index is 13.4. The van der Waals surface area contributed by atoms with Crippen molar-refractivity contribution in [2.45, 2.75) is 127 Å². The van der Waals surface area contributed by atoms with Gasteiger partial charge in [-0.2, -0.15) is 16.8 Å². The Morgan fingerprint density at radius 2 is 0.754 bits per heavy atom. The first-order chi connectivity index (χ1) is 28.5. The lowest BCUT2D eigenvalue weighted by Crippen LogP contribution is -2.67. The number of carbonyl (C=O) groups excluding carboxylic acids is 6. The molecule has 0 unspecified atom stereocenters. The summed E-state index contributed by atoms with van der Waals surface area (Å²) in [4.78, 5) is 74.4. The molecule has 0 amide bonds. The standard InChI is InChI=1S/C38H46O21S2/c1-19-9-13-27(14-10-19)60(45,46)49-17-29-31(51-21(3)39)33(52-22(4)40)36(55-25(7)43)38(58-29)59-32-30(18-50-61(47,48)28-15-11-20(2)12-16-28)57-37(56-26(8)44)35(54-24(6)42)34(32)53-23(5)41/h9-16,29-38H,17-18H2,1-8H3/t29-,30-,31-,32-,33+,34+,35-,36-,37+,38-/m1/s1. The van der Waals surface area contributed by atoms with Crippen molar-refractivity contribution in [3.8, 4) is 0 Å². The number of benzene rings is 2. The third-order valence-corrected chi connectivity index (χ3v) is 11.3. The van der Waals surface area contributed by atoms with Crippen molar-refractivity contribution in [2.75, 3.05) is 13.2 Å². The highest BCUT2D eigenvalue weighted by atomic mass is 32.2. The molecule has 2 aliphatic rings. The van der Waals surface area contributed by atoms with Crippen LogP contribution < -0.4 is 0 Å². The number of ether oxygens (including phenoxy) is 9. The largest absolute Gasteiger partial charge is 0.456 e. The summed E-state index contributed by atoms with van der Waals surface area (Å²) < 4.78 is 115. The van der Waals surface area contributed by atoms with E-state index in [4.69, 9.17) is 51.0 Å². The fourth-order valence-corrected chi connectivity index (χ4v) is 8.03. The van der Waals surface area contributed by atoms with Gasteiger partial charge >= 0.3 is 35.8 Å². The number of rotatable bonds is 16. The van der Waals surface area contributed by atoms with Crippen LogP contribution in [-0.4, -0.2) is 127 Å². The first kappa shape index (κ1) is 48.6. The Hall–Kier alpha value is -5.04. The van der Waals surface area contributed by atoms with E-state index in [2.05, 4.69) is 0 Å². The summed E-state index contributed by atoms with van der Waals surface area (Å²) in [5.74, 6) is -6.06. The predicted octanol–water partition coefficient (Wildman–Crippen LogP) is 1.47. The van der Waals surface area contributed by atoms with Crippen molar-refractivity contribution in [3.05, 3.63) is 59.7 Å². The van der Waals surface area contributed by atoms with Crippen LogP contribution in [0.1, 0.15) is 52.7 Å². The molecule has 2 saturated heterocycles. The molecule has 2 aromatic rings. The zero-order valence-corrected chi connectivity index (χ0v) is 35.8. The Morgan fingerprint density at radius 3 is 1.15 bits per heavy atom. The molecule has 2 aliphatic heterocycles. The topological polar surface area (TPSA) is 272 Å². The Labute approximate surface area is 351 Å². The van der Waals surface area contributed by atoms with Crippen LogP contribution in [0.25, 0.3) is 0 Å².